The summed E-state index contributed by atoms with van der Waals surface area (Å²) in [7, 11) is 0. The zero-order valence-electron chi connectivity index (χ0n) is 16.4. The summed E-state index contributed by atoms with van der Waals surface area (Å²) in [4.78, 5) is 24.3. The molecule has 0 aliphatic carbocycles. The first-order chi connectivity index (χ1) is 14.5. The fourth-order valence-corrected chi connectivity index (χ4v) is 2.79. The van der Waals surface area contributed by atoms with Crippen LogP contribution in [0.15, 0.2) is 46.9 Å². The predicted octanol–water partition coefficient (Wildman–Crippen LogP) is 2.81. The zero-order valence-corrected chi connectivity index (χ0v) is 16.4. The minimum Gasteiger partial charge on any atom is -0.454 e. The first-order valence-electron chi connectivity index (χ1n) is 9.27. The number of nitrogens with one attached hydrogen (secondary N) is 1. The molecule has 4 rings (SSSR count). The number of aromatic nitrogens is 2. The van der Waals surface area contributed by atoms with Crippen molar-refractivity contribution in [2.24, 2.45) is 0 Å². The molecule has 1 aliphatic heterocycles. The highest BCUT2D eigenvalue weighted by Crippen LogP contribution is 2.32. The molecular weight excluding hydrogens is 390 g/mol. The fourth-order valence-electron chi connectivity index (χ4n) is 2.79. The van der Waals surface area contributed by atoms with E-state index in [0.29, 0.717) is 23.0 Å². The van der Waals surface area contributed by atoms with E-state index in [4.69, 9.17) is 18.6 Å². The maximum Gasteiger partial charge on any atom is 0.326 e. The molecule has 0 saturated carbocycles. The molecule has 0 bridgehead atoms. The van der Waals surface area contributed by atoms with Gasteiger partial charge in [-0.25, -0.2) is 0 Å². The number of hydrogen-bond acceptors (Lipinski definition) is 8. The summed E-state index contributed by atoms with van der Waals surface area (Å²) in [5, 5.41) is 10.4. The maximum absolute atomic E-state index is 12.2. The van der Waals surface area contributed by atoms with E-state index in [1.165, 1.54) is 0 Å². The number of esters is 1. The summed E-state index contributed by atoms with van der Waals surface area (Å²) >= 11 is 0. The third-order valence-corrected chi connectivity index (χ3v) is 4.42. The van der Waals surface area contributed by atoms with E-state index >= 15 is 0 Å². The van der Waals surface area contributed by atoms with Gasteiger partial charge < -0.3 is 23.9 Å². The minimum absolute atomic E-state index is 0.117. The molecule has 0 spiro atoms. The quantitative estimate of drug-likeness (QED) is 0.619. The summed E-state index contributed by atoms with van der Waals surface area (Å²) in [5.74, 6) is 0.498. The van der Waals surface area contributed by atoms with Gasteiger partial charge in [-0.2, -0.15) is 0 Å². The van der Waals surface area contributed by atoms with Gasteiger partial charge in [-0.3, -0.25) is 9.59 Å². The van der Waals surface area contributed by atoms with Gasteiger partial charge in [0.2, 0.25) is 12.7 Å². The van der Waals surface area contributed by atoms with Crippen LogP contribution in [0.5, 0.6) is 11.5 Å². The first-order valence-corrected chi connectivity index (χ1v) is 9.27. The summed E-state index contributed by atoms with van der Waals surface area (Å²) in [6.07, 6.45) is -0.758. The number of carbonyl (C=O) groups is 2. The summed E-state index contributed by atoms with van der Waals surface area (Å²) in [5.41, 5.74) is 2.23. The van der Waals surface area contributed by atoms with Crippen LogP contribution in [-0.2, 0) is 9.53 Å². The first kappa shape index (κ1) is 19.4. The van der Waals surface area contributed by atoms with Crippen LogP contribution in [0.2, 0.25) is 0 Å². The van der Waals surface area contributed by atoms with Crippen molar-refractivity contribution in [3.8, 4) is 23.0 Å². The van der Waals surface area contributed by atoms with E-state index < -0.39 is 18.0 Å². The normalized spacial score (nSPS) is 13.0. The monoisotopic (exact) mass is 409 g/mol. The van der Waals surface area contributed by atoms with Gasteiger partial charge in [0, 0.05) is 11.1 Å². The Labute approximate surface area is 172 Å². The van der Waals surface area contributed by atoms with Gasteiger partial charge in [-0.05, 0) is 44.2 Å². The van der Waals surface area contributed by atoms with Crippen molar-refractivity contribution in [3.63, 3.8) is 0 Å². The Kier molecular flexibility index (Phi) is 5.34. The number of fused-ring (bicyclic) bond motifs is 1. The van der Waals surface area contributed by atoms with Crippen LogP contribution < -0.4 is 14.8 Å². The Morgan fingerprint density at radius 3 is 2.67 bits per heavy atom. The lowest BCUT2D eigenvalue weighted by Crippen LogP contribution is -2.31. The minimum atomic E-state index is -0.758. The van der Waals surface area contributed by atoms with Crippen molar-refractivity contribution in [1.29, 1.82) is 0 Å². The highest BCUT2D eigenvalue weighted by Gasteiger charge is 2.20. The van der Waals surface area contributed by atoms with Crippen molar-refractivity contribution in [3.05, 3.63) is 59.5 Å². The standard InChI is InChI=1S/C21H19N3O6/c1-12-3-5-14(6-4-12)21-24-23-20(30-21)13(2)29-18(25)10-22-19(26)15-7-8-16-17(9-15)28-11-27-16/h3-9,13H,10-11H2,1-2H3,(H,22,26)/t13-/m1/s1. The average molecular weight is 409 g/mol. The van der Waals surface area contributed by atoms with Crippen LogP contribution in [-0.4, -0.2) is 35.4 Å². The van der Waals surface area contributed by atoms with E-state index in [0.717, 1.165) is 11.1 Å². The molecule has 1 amide bonds. The van der Waals surface area contributed by atoms with Crippen LogP contribution in [0.1, 0.15) is 34.8 Å². The van der Waals surface area contributed by atoms with Crippen molar-refractivity contribution in [2.45, 2.75) is 20.0 Å². The lowest BCUT2D eigenvalue weighted by molar-refractivity contribution is -0.148. The fraction of sp³-hybridized carbons (Fsp3) is 0.238. The number of aryl methyl sites for hydroxylation is 1. The van der Waals surface area contributed by atoms with Gasteiger partial charge in [0.25, 0.3) is 11.8 Å². The summed E-state index contributed by atoms with van der Waals surface area (Å²) in [6, 6.07) is 12.4. The van der Waals surface area contributed by atoms with Crippen LogP contribution in [0, 0.1) is 6.92 Å². The van der Waals surface area contributed by atoms with Gasteiger partial charge >= 0.3 is 5.97 Å². The van der Waals surface area contributed by atoms with E-state index in [1.54, 1.807) is 25.1 Å². The lowest BCUT2D eigenvalue weighted by atomic mass is 10.1. The second-order valence-electron chi connectivity index (χ2n) is 6.69. The molecule has 1 aromatic heterocycles. The molecule has 1 N–H and O–H groups in total. The third-order valence-electron chi connectivity index (χ3n) is 4.42. The number of ether oxygens (including phenoxy) is 3. The molecule has 154 valence electrons. The topological polar surface area (TPSA) is 113 Å². The Balaban J connectivity index is 1.30. The van der Waals surface area contributed by atoms with Crippen LogP contribution in [0.4, 0.5) is 0 Å². The molecule has 0 unspecified atom stereocenters. The number of rotatable bonds is 6. The number of benzene rings is 2. The van der Waals surface area contributed by atoms with Crippen molar-refractivity contribution >= 4 is 11.9 Å². The molecule has 1 atom stereocenters. The largest absolute Gasteiger partial charge is 0.454 e. The molecule has 9 nitrogen and oxygen atoms in total. The number of hydrogen-bond donors (Lipinski definition) is 1. The van der Waals surface area contributed by atoms with Gasteiger partial charge in [-0.1, -0.05) is 17.7 Å². The van der Waals surface area contributed by atoms with Gasteiger partial charge in [0.1, 0.15) is 6.54 Å². The molecule has 1 aliphatic rings. The molecule has 2 aromatic carbocycles. The van der Waals surface area contributed by atoms with E-state index in [2.05, 4.69) is 15.5 Å². The number of amides is 1. The van der Waals surface area contributed by atoms with Gasteiger partial charge in [0.15, 0.2) is 17.6 Å². The van der Waals surface area contributed by atoms with E-state index in [-0.39, 0.29) is 19.2 Å². The molecular formula is C21H19N3O6. The van der Waals surface area contributed by atoms with E-state index in [1.807, 2.05) is 31.2 Å². The number of carbonyl (C=O) groups excluding carboxylic acids is 2. The lowest BCUT2D eigenvalue weighted by Gasteiger charge is -2.10. The summed E-state index contributed by atoms with van der Waals surface area (Å²) < 4.78 is 21.3. The zero-order chi connectivity index (χ0) is 21.1. The van der Waals surface area contributed by atoms with Crippen molar-refractivity contribution in [1.82, 2.24) is 15.5 Å². The van der Waals surface area contributed by atoms with Crippen LogP contribution in [0.3, 0.4) is 0 Å². The molecule has 2 heterocycles. The van der Waals surface area contributed by atoms with Crippen LogP contribution in [0.25, 0.3) is 11.5 Å². The average Bonchev–Trinajstić information content (AvgIpc) is 3.41. The molecule has 3 aromatic rings. The Bertz CT molecular complexity index is 1080. The van der Waals surface area contributed by atoms with Gasteiger partial charge in [-0.15, -0.1) is 10.2 Å². The predicted molar refractivity (Wildman–Crippen MR) is 104 cm³/mol. The summed E-state index contributed by atoms with van der Waals surface area (Å²) in [6.45, 7) is 3.41. The number of nitrogens with zero attached hydrogens (tertiary/aromatic N) is 2. The van der Waals surface area contributed by atoms with Crippen molar-refractivity contribution < 1.29 is 28.2 Å². The third kappa shape index (κ3) is 4.24. The maximum atomic E-state index is 12.2. The Morgan fingerprint density at radius 2 is 1.87 bits per heavy atom. The second kappa shape index (κ2) is 8.24. The van der Waals surface area contributed by atoms with Crippen molar-refractivity contribution in [2.75, 3.05) is 13.3 Å². The second-order valence-corrected chi connectivity index (χ2v) is 6.69. The molecule has 0 fully saturated rings. The highest BCUT2D eigenvalue weighted by molar-refractivity contribution is 5.96. The molecule has 9 heteroatoms. The smallest absolute Gasteiger partial charge is 0.326 e. The van der Waals surface area contributed by atoms with E-state index in [9.17, 15) is 9.59 Å². The SMILES string of the molecule is Cc1ccc(-c2nnc([C@@H](C)OC(=O)CNC(=O)c3ccc4c(c3)OCO4)o2)cc1. The Morgan fingerprint density at radius 1 is 1.10 bits per heavy atom. The molecule has 0 radical (unpaired) electrons. The van der Waals surface area contributed by atoms with Gasteiger partial charge in [0.05, 0.1) is 0 Å². The Hall–Kier alpha value is -3.88. The highest BCUT2D eigenvalue weighted by atomic mass is 16.7. The molecule has 30 heavy (non-hydrogen) atoms. The van der Waals surface area contributed by atoms with Crippen LogP contribution >= 0.6 is 0 Å². The molecule has 0 saturated heterocycles.